The number of nitrogens with one attached hydrogen (secondary N) is 1. The van der Waals surface area contributed by atoms with Gasteiger partial charge in [0, 0.05) is 5.41 Å². The highest BCUT2D eigenvalue weighted by atomic mass is 35.5. The Balaban J connectivity index is 1.33. The van der Waals surface area contributed by atoms with Gasteiger partial charge in [0.05, 0.1) is 22.9 Å². The highest BCUT2D eigenvalue weighted by Gasteiger charge is 2.36. The fourth-order valence-electron chi connectivity index (χ4n) is 3.95. The molecule has 3 aromatic rings. The molecule has 5 rings (SSSR count). The Morgan fingerprint density at radius 2 is 1.68 bits per heavy atom. The van der Waals surface area contributed by atoms with E-state index in [1.54, 1.807) is 35.2 Å². The van der Waals surface area contributed by atoms with Crippen molar-refractivity contribution in [3.63, 3.8) is 0 Å². The maximum Gasteiger partial charge on any atom is 0.283 e. The van der Waals surface area contributed by atoms with Gasteiger partial charge in [0.25, 0.3) is 5.91 Å². The van der Waals surface area contributed by atoms with E-state index >= 15 is 0 Å². The summed E-state index contributed by atoms with van der Waals surface area (Å²) in [5.41, 5.74) is 2.65. The Bertz CT molecular complexity index is 1470. The molecule has 0 aromatic heterocycles. The van der Waals surface area contributed by atoms with Crippen LogP contribution >= 0.6 is 23.4 Å². The summed E-state index contributed by atoms with van der Waals surface area (Å²) in [4.78, 5) is 18.8. The van der Waals surface area contributed by atoms with E-state index in [9.17, 15) is 4.79 Å². The van der Waals surface area contributed by atoms with Gasteiger partial charge in [0.2, 0.25) is 0 Å². The number of amidine groups is 2. The zero-order valence-electron chi connectivity index (χ0n) is 20.5. The van der Waals surface area contributed by atoms with Crippen molar-refractivity contribution in [2.24, 2.45) is 4.99 Å². The van der Waals surface area contributed by atoms with Gasteiger partial charge in [-0.05, 0) is 48.4 Å². The van der Waals surface area contributed by atoms with Crippen molar-refractivity contribution in [2.45, 2.75) is 6.92 Å². The number of carbonyl (C=O) groups excluding carboxylic acids is 1. The minimum absolute atomic E-state index is 0.0788. The number of nitrogens with zero attached hydrogens (tertiary/aromatic N) is 2. The second kappa shape index (κ2) is 11.6. The first-order chi connectivity index (χ1) is 18.5. The number of halogens is 1. The van der Waals surface area contributed by atoms with Crippen LogP contribution in [0.2, 0.25) is 5.02 Å². The standard InChI is InChI=1S/C29H24ClN3O4S/c1-2-35-26-17-19(12-13-25(26)37-15-14-36-24-11-7-6-10-22(24)30)16-21-27(31)33-23(20-8-4-3-5-9-20)18-38-29(33)32-28(21)34/h3-13,16-18,31H,2,14-15H2,1H3/b21-16-,31-27?. The quantitative estimate of drug-likeness (QED) is 0.244. The molecule has 3 aromatic carbocycles. The van der Waals surface area contributed by atoms with Crippen LogP contribution in [0, 0.1) is 5.41 Å². The summed E-state index contributed by atoms with van der Waals surface area (Å²) < 4.78 is 17.4. The Labute approximate surface area is 229 Å². The fraction of sp³-hybridized carbons (Fsp3) is 0.138. The first kappa shape index (κ1) is 25.6. The summed E-state index contributed by atoms with van der Waals surface area (Å²) in [6.07, 6.45) is 1.66. The van der Waals surface area contributed by atoms with Gasteiger partial charge in [0.15, 0.2) is 16.7 Å². The minimum atomic E-state index is -0.452. The van der Waals surface area contributed by atoms with Crippen LogP contribution in [0.25, 0.3) is 11.8 Å². The molecular weight excluding hydrogens is 522 g/mol. The lowest BCUT2D eigenvalue weighted by Gasteiger charge is -2.27. The molecule has 0 bridgehead atoms. The lowest BCUT2D eigenvalue weighted by Crippen LogP contribution is -2.38. The smallest absolute Gasteiger partial charge is 0.283 e. The van der Waals surface area contributed by atoms with E-state index in [4.69, 9.17) is 31.2 Å². The molecule has 0 saturated heterocycles. The van der Waals surface area contributed by atoms with Crippen molar-refractivity contribution in [2.75, 3.05) is 19.8 Å². The third-order valence-electron chi connectivity index (χ3n) is 5.70. The van der Waals surface area contributed by atoms with Gasteiger partial charge in [-0.2, -0.15) is 4.99 Å². The summed E-state index contributed by atoms with van der Waals surface area (Å²) >= 11 is 7.46. The fourth-order valence-corrected chi connectivity index (χ4v) is 5.03. The number of hydrogen-bond donors (Lipinski definition) is 1. The lowest BCUT2D eigenvalue weighted by molar-refractivity contribution is -0.114. The molecule has 1 N–H and O–H groups in total. The maximum atomic E-state index is 12.8. The molecule has 2 aliphatic heterocycles. The van der Waals surface area contributed by atoms with E-state index in [2.05, 4.69) is 4.99 Å². The topological polar surface area (TPSA) is 84.2 Å². The number of para-hydroxylation sites is 1. The molecule has 1 amide bonds. The van der Waals surface area contributed by atoms with Gasteiger partial charge in [-0.15, -0.1) is 0 Å². The molecule has 192 valence electrons. The predicted molar refractivity (Wildman–Crippen MR) is 152 cm³/mol. The van der Waals surface area contributed by atoms with E-state index in [0.29, 0.717) is 46.2 Å². The highest BCUT2D eigenvalue weighted by Crippen LogP contribution is 2.38. The number of rotatable bonds is 9. The van der Waals surface area contributed by atoms with E-state index in [0.717, 1.165) is 11.3 Å². The van der Waals surface area contributed by atoms with Crippen LogP contribution in [0.15, 0.2) is 88.8 Å². The minimum Gasteiger partial charge on any atom is -0.490 e. The van der Waals surface area contributed by atoms with Crippen molar-refractivity contribution in [1.82, 2.24) is 4.90 Å². The van der Waals surface area contributed by atoms with Crippen LogP contribution in [0.5, 0.6) is 17.2 Å². The van der Waals surface area contributed by atoms with Crippen LogP contribution in [0.4, 0.5) is 0 Å². The van der Waals surface area contributed by atoms with E-state index in [1.165, 1.54) is 11.8 Å². The van der Waals surface area contributed by atoms with Crippen LogP contribution < -0.4 is 14.2 Å². The molecule has 9 heteroatoms. The van der Waals surface area contributed by atoms with Crippen LogP contribution in [0.3, 0.4) is 0 Å². The normalized spacial score (nSPS) is 15.7. The number of amides is 1. The average molecular weight is 546 g/mol. The monoisotopic (exact) mass is 545 g/mol. The third-order valence-corrected chi connectivity index (χ3v) is 6.84. The van der Waals surface area contributed by atoms with Gasteiger partial charge in [0.1, 0.15) is 24.8 Å². The molecule has 2 heterocycles. The summed E-state index contributed by atoms with van der Waals surface area (Å²) in [6, 6.07) is 22.4. The Morgan fingerprint density at radius 3 is 2.45 bits per heavy atom. The second-order valence-corrected chi connectivity index (χ2v) is 9.44. The number of ether oxygens (including phenoxy) is 3. The van der Waals surface area contributed by atoms with E-state index in [-0.39, 0.29) is 18.0 Å². The van der Waals surface area contributed by atoms with Crippen LogP contribution in [-0.2, 0) is 4.79 Å². The van der Waals surface area contributed by atoms with Gasteiger partial charge in [-0.25, -0.2) is 0 Å². The Kier molecular flexibility index (Phi) is 7.81. The number of fused-ring (bicyclic) bond motifs is 1. The number of carbonyl (C=O) groups is 1. The number of hydrogen-bond acceptors (Lipinski definition) is 6. The molecular formula is C29H24ClN3O4S. The van der Waals surface area contributed by atoms with Crippen LogP contribution in [-0.4, -0.2) is 41.6 Å². The maximum absolute atomic E-state index is 12.8. The van der Waals surface area contributed by atoms with Crippen molar-refractivity contribution >= 4 is 52.0 Å². The third kappa shape index (κ3) is 5.46. The predicted octanol–water partition coefficient (Wildman–Crippen LogP) is 6.50. The molecule has 38 heavy (non-hydrogen) atoms. The highest BCUT2D eigenvalue weighted by molar-refractivity contribution is 8.17. The van der Waals surface area contributed by atoms with Gasteiger partial charge in [-0.1, -0.05) is 71.9 Å². The van der Waals surface area contributed by atoms with Crippen molar-refractivity contribution in [3.05, 3.63) is 99.9 Å². The summed E-state index contributed by atoms with van der Waals surface area (Å²) in [5.74, 6) is 1.30. The number of aliphatic imine (C=N–C) groups is 1. The molecule has 0 unspecified atom stereocenters. The van der Waals surface area contributed by atoms with Crippen molar-refractivity contribution < 1.29 is 19.0 Å². The molecule has 0 spiro atoms. The second-order valence-electron chi connectivity index (χ2n) is 8.20. The summed E-state index contributed by atoms with van der Waals surface area (Å²) in [7, 11) is 0. The largest absolute Gasteiger partial charge is 0.490 e. The molecule has 0 radical (unpaired) electrons. The first-order valence-electron chi connectivity index (χ1n) is 12.0. The molecule has 0 fully saturated rings. The zero-order chi connectivity index (χ0) is 26.5. The molecule has 0 aliphatic carbocycles. The number of thioether (sulfide) groups is 1. The van der Waals surface area contributed by atoms with Crippen molar-refractivity contribution in [3.8, 4) is 17.2 Å². The van der Waals surface area contributed by atoms with Gasteiger partial charge < -0.3 is 14.2 Å². The van der Waals surface area contributed by atoms with Gasteiger partial charge in [-0.3, -0.25) is 15.1 Å². The van der Waals surface area contributed by atoms with Crippen molar-refractivity contribution in [1.29, 1.82) is 5.41 Å². The molecule has 0 saturated carbocycles. The molecule has 0 atom stereocenters. The Morgan fingerprint density at radius 1 is 0.947 bits per heavy atom. The average Bonchev–Trinajstić information content (AvgIpc) is 3.35. The zero-order valence-corrected chi connectivity index (χ0v) is 22.1. The van der Waals surface area contributed by atoms with Crippen LogP contribution in [0.1, 0.15) is 18.1 Å². The Hall–Kier alpha value is -4.01. The number of benzene rings is 3. The first-order valence-corrected chi connectivity index (χ1v) is 13.2. The summed E-state index contributed by atoms with van der Waals surface area (Å²) in [6.45, 7) is 2.91. The molecule has 2 aliphatic rings. The molecule has 7 nitrogen and oxygen atoms in total. The summed E-state index contributed by atoms with van der Waals surface area (Å²) in [5, 5.41) is 11.8. The lowest BCUT2D eigenvalue weighted by atomic mass is 10.1. The van der Waals surface area contributed by atoms with Gasteiger partial charge >= 0.3 is 0 Å². The van der Waals surface area contributed by atoms with E-state index < -0.39 is 5.91 Å². The SMILES string of the molecule is CCOc1cc(/C=C2/C(=N)N3C(c4ccccc4)=CSC3=NC2=O)ccc1OCCOc1ccccc1Cl. The van der Waals surface area contributed by atoms with E-state index in [1.807, 2.05) is 60.9 Å².